The number of carbonyl (C=O) groups excluding carboxylic acids is 4. The SMILES string of the molecule is COC(=O)NCC(=O)N(Cc1ncc(-c2ccc3cc(C4C=CC(c5cnc([C@@H]6[C@H]7CC[C@H](C7)N6C(=O)CNC(=O)OC)[nH]5)=CC4)ccc3c2)[nH]1)CC1(C)CC1. The van der Waals surface area contributed by atoms with Gasteiger partial charge < -0.3 is 39.9 Å². The molecule has 4 atom stereocenters. The molecule has 14 heteroatoms. The molecule has 4 aromatic rings. The molecule has 8 rings (SSSR count). The number of amides is 4. The molecule has 2 bridgehead atoms. The van der Waals surface area contributed by atoms with E-state index in [9.17, 15) is 19.2 Å². The minimum Gasteiger partial charge on any atom is -0.453 e. The van der Waals surface area contributed by atoms with Crippen LogP contribution < -0.4 is 10.6 Å². The zero-order chi connectivity index (χ0) is 39.0. The second-order valence-electron chi connectivity index (χ2n) is 15.8. The first-order valence-electron chi connectivity index (χ1n) is 19.3. The van der Waals surface area contributed by atoms with Gasteiger partial charge in [0.2, 0.25) is 11.8 Å². The molecular formula is C42H48N8O6. The van der Waals surface area contributed by atoms with Crippen molar-refractivity contribution in [2.45, 2.75) is 70.0 Å². The summed E-state index contributed by atoms with van der Waals surface area (Å²) in [6.07, 6.45) is 15.0. The van der Waals surface area contributed by atoms with E-state index in [1.807, 2.05) is 11.1 Å². The molecule has 0 spiro atoms. The van der Waals surface area contributed by atoms with Gasteiger partial charge in [-0.1, -0.05) is 55.5 Å². The number of nitrogens with one attached hydrogen (secondary N) is 4. The van der Waals surface area contributed by atoms with E-state index < -0.39 is 12.2 Å². The zero-order valence-corrected chi connectivity index (χ0v) is 32.0. The fraction of sp³-hybridized carbons (Fsp3) is 0.429. The lowest BCUT2D eigenvalue weighted by Gasteiger charge is -2.34. The Hall–Kier alpha value is -5.92. The van der Waals surface area contributed by atoms with E-state index in [2.05, 4.69) is 96.6 Å². The van der Waals surface area contributed by atoms with E-state index in [-0.39, 0.29) is 48.3 Å². The third-order valence-corrected chi connectivity index (χ3v) is 11.9. The Kier molecular flexibility index (Phi) is 10.1. The highest BCUT2D eigenvalue weighted by Crippen LogP contribution is 2.50. The van der Waals surface area contributed by atoms with Gasteiger partial charge in [0.1, 0.15) is 24.7 Å². The first-order chi connectivity index (χ1) is 27.1. The van der Waals surface area contributed by atoms with Crippen molar-refractivity contribution in [3.05, 3.63) is 89.9 Å². The van der Waals surface area contributed by atoms with Crippen molar-refractivity contribution in [3.8, 4) is 11.3 Å². The fourth-order valence-corrected chi connectivity index (χ4v) is 8.54. The molecule has 3 aliphatic carbocycles. The lowest BCUT2D eigenvalue weighted by atomic mass is 9.88. The molecule has 0 radical (unpaired) electrons. The number of hydrogen-bond donors (Lipinski definition) is 4. The monoisotopic (exact) mass is 760 g/mol. The summed E-state index contributed by atoms with van der Waals surface area (Å²) in [7, 11) is 2.56. The number of aromatic nitrogens is 4. The number of alkyl carbamates (subject to hydrolysis) is 2. The zero-order valence-electron chi connectivity index (χ0n) is 32.0. The number of methoxy groups -OCH3 is 2. The molecule has 2 aromatic heterocycles. The summed E-state index contributed by atoms with van der Waals surface area (Å²) >= 11 is 0. The molecule has 4 amide bonds. The van der Waals surface area contributed by atoms with Gasteiger partial charge in [-0.05, 0) is 77.8 Å². The average Bonchev–Trinajstić information content (AvgIpc) is 3.77. The largest absolute Gasteiger partial charge is 0.453 e. The Morgan fingerprint density at radius 1 is 0.929 bits per heavy atom. The highest BCUT2D eigenvalue weighted by Gasteiger charge is 2.49. The van der Waals surface area contributed by atoms with Crippen molar-refractivity contribution in [1.29, 1.82) is 0 Å². The van der Waals surface area contributed by atoms with Crippen LogP contribution in [0.4, 0.5) is 9.59 Å². The van der Waals surface area contributed by atoms with Gasteiger partial charge in [-0.15, -0.1) is 0 Å². The molecule has 14 nitrogen and oxygen atoms in total. The van der Waals surface area contributed by atoms with Gasteiger partial charge in [-0.2, -0.15) is 0 Å². The summed E-state index contributed by atoms with van der Waals surface area (Å²) in [6, 6.07) is 13.0. The number of fused-ring (bicyclic) bond motifs is 3. The molecule has 3 heterocycles. The highest BCUT2D eigenvalue weighted by molar-refractivity contribution is 5.88. The summed E-state index contributed by atoms with van der Waals surface area (Å²) in [5.41, 5.74) is 5.21. The first-order valence-corrected chi connectivity index (χ1v) is 19.3. The number of likely N-dealkylation sites (tertiary alicyclic amines) is 1. The van der Waals surface area contributed by atoms with E-state index in [4.69, 9.17) is 4.98 Å². The molecule has 1 saturated heterocycles. The van der Waals surface area contributed by atoms with E-state index in [1.54, 1.807) is 11.1 Å². The molecule has 3 fully saturated rings. The second-order valence-corrected chi connectivity index (χ2v) is 15.8. The van der Waals surface area contributed by atoms with Crippen LogP contribution in [0, 0.1) is 11.3 Å². The quantitative estimate of drug-likeness (QED) is 0.137. The summed E-state index contributed by atoms with van der Waals surface area (Å²) in [6.45, 7) is 2.86. The lowest BCUT2D eigenvalue weighted by Crippen LogP contribution is -2.45. The summed E-state index contributed by atoms with van der Waals surface area (Å²) in [5.74, 6) is 1.75. The molecule has 4 N–H and O–H groups in total. The second kappa shape index (κ2) is 15.3. The van der Waals surface area contributed by atoms with Gasteiger partial charge in [0.05, 0.1) is 50.6 Å². The molecular weight excluding hydrogens is 713 g/mol. The number of carbonyl (C=O) groups is 4. The Labute approximate surface area is 325 Å². The predicted molar refractivity (Wildman–Crippen MR) is 209 cm³/mol. The lowest BCUT2D eigenvalue weighted by molar-refractivity contribution is -0.135. The van der Waals surface area contributed by atoms with Gasteiger partial charge in [0.25, 0.3) is 0 Å². The predicted octanol–water partition coefficient (Wildman–Crippen LogP) is 5.97. The van der Waals surface area contributed by atoms with Crippen LogP contribution >= 0.6 is 0 Å². The standard InChI is InChI=1S/C42H48N8O6/c1-42(14-15-42)24-49(36(51)21-45-40(53)55-2)23-35-43-19-34(47-35)30-11-10-28-16-27(8-9-29(28)17-30)25-4-6-26(7-5-25)33-20-44-39(48-33)38-31-12-13-32(18-31)50(38)37(52)22-46-41(54)56-3/h4,6-11,16-17,19-20,25,31-32,38H,5,12-15,18,21-24H2,1-3H3,(H,43,47)(H,44,48)(H,45,53)(H,46,54)/t25?,31-,32+,38-/m0/s1. The molecule has 1 aliphatic heterocycles. The van der Waals surface area contributed by atoms with Crippen molar-refractivity contribution in [2.24, 2.45) is 11.3 Å². The number of benzene rings is 2. The summed E-state index contributed by atoms with van der Waals surface area (Å²) < 4.78 is 9.27. The number of aromatic amines is 2. The Morgan fingerprint density at radius 2 is 1.68 bits per heavy atom. The summed E-state index contributed by atoms with van der Waals surface area (Å²) in [4.78, 5) is 69.3. The maximum Gasteiger partial charge on any atom is 0.407 e. The molecule has 56 heavy (non-hydrogen) atoms. The van der Waals surface area contributed by atoms with E-state index in [1.165, 1.54) is 19.8 Å². The van der Waals surface area contributed by atoms with E-state index in [0.717, 1.165) is 77.6 Å². The normalized spacial score (nSPS) is 21.8. The van der Waals surface area contributed by atoms with E-state index in [0.29, 0.717) is 24.8 Å². The van der Waals surface area contributed by atoms with Crippen LogP contribution in [0.15, 0.2) is 67.0 Å². The molecule has 2 saturated carbocycles. The molecule has 1 unspecified atom stereocenters. The number of allylic oxidation sites excluding steroid dienone is 4. The Bertz CT molecular complexity index is 2220. The van der Waals surface area contributed by atoms with Gasteiger partial charge >= 0.3 is 12.2 Å². The van der Waals surface area contributed by atoms with Crippen molar-refractivity contribution in [1.82, 2.24) is 40.4 Å². The minimum atomic E-state index is -0.634. The number of rotatable bonds is 12. The topological polar surface area (TPSA) is 175 Å². The van der Waals surface area contributed by atoms with Gasteiger partial charge in [0.15, 0.2) is 0 Å². The molecule has 2 aromatic carbocycles. The first kappa shape index (κ1) is 37.0. The minimum absolute atomic E-state index is 0.0959. The number of imidazole rings is 2. The average molecular weight is 761 g/mol. The molecule has 4 aliphatic rings. The number of nitrogens with zero attached hydrogens (tertiary/aromatic N) is 4. The van der Waals surface area contributed by atoms with Gasteiger partial charge in [0, 0.05) is 24.1 Å². The van der Waals surface area contributed by atoms with Crippen molar-refractivity contribution >= 4 is 40.3 Å². The number of ether oxygens (including phenoxy) is 2. The van der Waals surface area contributed by atoms with Crippen molar-refractivity contribution < 1.29 is 28.7 Å². The number of hydrogen-bond acceptors (Lipinski definition) is 8. The summed E-state index contributed by atoms with van der Waals surface area (Å²) in [5, 5.41) is 7.29. The fourth-order valence-electron chi connectivity index (χ4n) is 8.54. The van der Waals surface area contributed by atoms with E-state index >= 15 is 0 Å². The van der Waals surface area contributed by atoms with Crippen LogP contribution in [0.1, 0.15) is 80.3 Å². The van der Waals surface area contributed by atoms with Crippen LogP contribution in [-0.2, 0) is 25.6 Å². The maximum absolute atomic E-state index is 13.2. The molecule has 292 valence electrons. The van der Waals surface area contributed by atoms with Crippen LogP contribution in [0.5, 0.6) is 0 Å². The third kappa shape index (κ3) is 7.77. The van der Waals surface area contributed by atoms with Crippen LogP contribution in [-0.4, -0.2) is 93.6 Å². The van der Waals surface area contributed by atoms with Gasteiger partial charge in [-0.25, -0.2) is 19.6 Å². The maximum atomic E-state index is 13.2. The van der Waals surface area contributed by atoms with Crippen LogP contribution in [0.2, 0.25) is 0 Å². The smallest absolute Gasteiger partial charge is 0.407 e. The third-order valence-electron chi connectivity index (χ3n) is 11.9. The Balaban J connectivity index is 0.905. The van der Waals surface area contributed by atoms with Gasteiger partial charge in [-0.3, -0.25) is 9.59 Å². The van der Waals surface area contributed by atoms with Crippen molar-refractivity contribution in [3.63, 3.8) is 0 Å². The van der Waals surface area contributed by atoms with Crippen LogP contribution in [0.25, 0.3) is 27.6 Å². The van der Waals surface area contributed by atoms with Crippen LogP contribution in [0.3, 0.4) is 0 Å². The number of H-pyrrole nitrogens is 2. The highest BCUT2D eigenvalue weighted by atomic mass is 16.5. The van der Waals surface area contributed by atoms with Crippen molar-refractivity contribution in [2.75, 3.05) is 33.9 Å². The number of piperidine rings is 1. The Morgan fingerprint density at radius 3 is 2.43 bits per heavy atom.